The van der Waals surface area contributed by atoms with Gasteiger partial charge in [0.05, 0.1) is 5.69 Å². The molecule has 0 atom stereocenters. The van der Waals surface area contributed by atoms with Crippen molar-refractivity contribution in [3.05, 3.63) is 36.3 Å². The van der Waals surface area contributed by atoms with Crippen molar-refractivity contribution in [1.82, 2.24) is 9.55 Å². The normalized spacial score (nSPS) is 11.4. The second-order valence-electron chi connectivity index (χ2n) is 5.54. The summed E-state index contributed by atoms with van der Waals surface area (Å²) in [5.41, 5.74) is 0.549. The maximum absolute atomic E-state index is 12.0. The van der Waals surface area contributed by atoms with Crippen molar-refractivity contribution in [1.29, 1.82) is 0 Å². The lowest BCUT2D eigenvalue weighted by Crippen LogP contribution is -2.27. The monoisotopic (exact) mass is 274 g/mol. The number of nitrogens with zero attached hydrogens (tertiary/aromatic N) is 2. The molecule has 5 nitrogen and oxygen atoms in total. The standard InChI is InChI=1S/C15H18N2O3/c1-10-16-12(11-7-5-6-8-13(11)18)9-17(10)14(19)20-15(2,3)4/h5-9,18H,1-4H3. The van der Waals surface area contributed by atoms with Crippen molar-refractivity contribution in [2.24, 2.45) is 0 Å². The maximum atomic E-state index is 12.0. The molecule has 0 aliphatic rings. The Labute approximate surface area is 117 Å². The van der Waals surface area contributed by atoms with Gasteiger partial charge in [-0.1, -0.05) is 12.1 Å². The molecule has 0 bridgehead atoms. The summed E-state index contributed by atoms with van der Waals surface area (Å²) in [4.78, 5) is 16.3. The Hall–Kier alpha value is -2.30. The predicted molar refractivity (Wildman–Crippen MR) is 75.7 cm³/mol. The van der Waals surface area contributed by atoms with Crippen LogP contribution in [0.5, 0.6) is 5.75 Å². The fourth-order valence-electron chi connectivity index (χ4n) is 1.79. The lowest BCUT2D eigenvalue weighted by molar-refractivity contribution is 0.0533. The Morgan fingerprint density at radius 1 is 1.30 bits per heavy atom. The molecule has 20 heavy (non-hydrogen) atoms. The smallest absolute Gasteiger partial charge is 0.420 e. The van der Waals surface area contributed by atoms with Crippen molar-refractivity contribution in [3.8, 4) is 17.0 Å². The Morgan fingerprint density at radius 3 is 2.55 bits per heavy atom. The number of aromatic hydroxyl groups is 1. The van der Waals surface area contributed by atoms with Crippen LogP contribution in [-0.2, 0) is 4.74 Å². The van der Waals surface area contributed by atoms with E-state index in [9.17, 15) is 9.90 Å². The lowest BCUT2D eigenvalue weighted by Gasteiger charge is -2.19. The molecule has 0 aliphatic heterocycles. The van der Waals surface area contributed by atoms with Crippen molar-refractivity contribution in [2.45, 2.75) is 33.3 Å². The van der Waals surface area contributed by atoms with Gasteiger partial charge in [-0.05, 0) is 39.8 Å². The molecule has 0 spiro atoms. The quantitative estimate of drug-likeness (QED) is 0.866. The first-order valence-electron chi connectivity index (χ1n) is 6.35. The van der Waals surface area contributed by atoms with Gasteiger partial charge in [0.1, 0.15) is 17.2 Å². The van der Waals surface area contributed by atoms with Gasteiger partial charge in [-0.15, -0.1) is 0 Å². The molecule has 2 rings (SSSR count). The zero-order valence-corrected chi connectivity index (χ0v) is 12.0. The third kappa shape index (κ3) is 2.99. The first kappa shape index (κ1) is 14.1. The minimum absolute atomic E-state index is 0.126. The highest BCUT2D eigenvalue weighted by atomic mass is 16.6. The number of aryl methyl sites for hydroxylation is 1. The summed E-state index contributed by atoms with van der Waals surface area (Å²) in [7, 11) is 0. The lowest BCUT2D eigenvalue weighted by atomic mass is 10.1. The van der Waals surface area contributed by atoms with E-state index in [1.54, 1.807) is 58.2 Å². The summed E-state index contributed by atoms with van der Waals surface area (Å²) in [5, 5.41) is 9.82. The van der Waals surface area contributed by atoms with E-state index in [0.29, 0.717) is 17.1 Å². The third-order valence-electron chi connectivity index (χ3n) is 2.65. The number of hydrogen-bond acceptors (Lipinski definition) is 4. The molecule has 1 aromatic heterocycles. The average Bonchev–Trinajstić information content (AvgIpc) is 2.69. The van der Waals surface area contributed by atoms with Crippen LogP contribution in [0.25, 0.3) is 11.3 Å². The van der Waals surface area contributed by atoms with E-state index < -0.39 is 11.7 Å². The molecule has 0 radical (unpaired) electrons. The summed E-state index contributed by atoms with van der Waals surface area (Å²) >= 11 is 0. The molecular weight excluding hydrogens is 256 g/mol. The molecule has 106 valence electrons. The number of carbonyl (C=O) groups is 1. The molecular formula is C15H18N2O3. The van der Waals surface area contributed by atoms with Gasteiger partial charge in [0.2, 0.25) is 0 Å². The molecule has 1 aromatic carbocycles. The van der Waals surface area contributed by atoms with E-state index in [0.717, 1.165) is 0 Å². The second-order valence-corrected chi connectivity index (χ2v) is 5.54. The fraction of sp³-hybridized carbons (Fsp3) is 0.333. The number of para-hydroxylation sites is 1. The Morgan fingerprint density at radius 2 is 1.95 bits per heavy atom. The number of imidazole rings is 1. The molecule has 0 unspecified atom stereocenters. The number of aromatic nitrogens is 2. The predicted octanol–water partition coefficient (Wildman–Crippen LogP) is 3.35. The summed E-state index contributed by atoms with van der Waals surface area (Å²) in [6.07, 6.45) is 1.09. The number of benzene rings is 1. The highest BCUT2D eigenvalue weighted by molar-refractivity contribution is 5.75. The Bertz CT molecular complexity index is 639. The molecule has 0 aliphatic carbocycles. The minimum atomic E-state index is -0.567. The zero-order valence-electron chi connectivity index (χ0n) is 12.0. The van der Waals surface area contributed by atoms with Crippen molar-refractivity contribution in [2.75, 3.05) is 0 Å². The van der Waals surface area contributed by atoms with Gasteiger partial charge in [-0.25, -0.2) is 14.3 Å². The molecule has 0 amide bonds. The van der Waals surface area contributed by atoms with Crippen LogP contribution in [0.1, 0.15) is 26.6 Å². The Kier molecular flexibility index (Phi) is 3.53. The van der Waals surface area contributed by atoms with Crippen LogP contribution in [-0.4, -0.2) is 26.4 Å². The van der Waals surface area contributed by atoms with Crippen molar-refractivity contribution < 1.29 is 14.6 Å². The van der Waals surface area contributed by atoms with Crippen LogP contribution in [0, 0.1) is 6.92 Å². The fourth-order valence-corrected chi connectivity index (χ4v) is 1.79. The number of hydrogen-bond donors (Lipinski definition) is 1. The molecule has 1 N–H and O–H groups in total. The van der Waals surface area contributed by atoms with Gasteiger partial charge in [0, 0.05) is 11.8 Å². The van der Waals surface area contributed by atoms with E-state index in [4.69, 9.17) is 4.74 Å². The van der Waals surface area contributed by atoms with Crippen molar-refractivity contribution in [3.63, 3.8) is 0 Å². The molecule has 0 saturated carbocycles. The van der Waals surface area contributed by atoms with Gasteiger partial charge in [-0.3, -0.25) is 0 Å². The second kappa shape index (κ2) is 5.00. The van der Waals surface area contributed by atoms with Crippen molar-refractivity contribution >= 4 is 6.09 Å². The van der Waals surface area contributed by atoms with Gasteiger partial charge >= 0.3 is 6.09 Å². The highest BCUT2D eigenvalue weighted by Gasteiger charge is 2.20. The van der Waals surface area contributed by atoms with Gasteiger partial charge < -0.3 is 9.84 Å². The highest BCUT2D eigenvalue weighted by Crippen LogP contribution is 2.28. The summed E-state index contributed by atoms with van der Waals surface area (Å²) in [6.45, 7) is 7.14. The summed E-state index contributed by atoms with van der Waals surface area (Å²) in [5.74, 6) is 0.638. The molecule has 1 heterocycles. The molecule has 2 aromatic rings. The van der Waals surface area contributed by atoms with Gasteiger partial charge in [0.25, 0.3) is 0 Å². The van der Waals surface area contributed by atoms with Crippen LogP contribution in [0.2, 0.25) is 0 Å². The average molecular weight is 274 g/mol. The van der Waals surface area contributed by atoms with Crippen LogP contribution < -0.4 is 0 Å². The largest absolute Gasteiger partial charge is 0.507 e. The van der Waals surface area contributed by atoms with E-state index in [1.807, 2.05) is 0 Å². The zero-order chi connectivity index (χ0) is 14.9. The SMILES string of the molecule is Cc1nc(-c2ccccc2O)cn1C(=O)OC(C)(C)C. The summed E-state index contributed by atoms with van der Waals surface area (Å²) < 4.78 is 6.65. The number of phenols is 1. The molecule has 0 saturated heterocycles. The van der Waals surface area contributed by atoms with Crippen LogP contribution in [0.4, 0.5) is 4.79 Å². The third-order valence-corrected chi connectivity index (χ3v) is 2.65. The summed E-state index contributed by atoms with van der Waals surface area (Å²) in [6, 6.07) is 6.86. The first-order valence-corrected chi connectivity index (χ1v) is 6.35. The van der Waals surface area contributed by atoms with Crippen LogP contribution in [0.3, 0.4) is 0 Å². The topological polar surface area (TPSA) is 64.4 Å². The van der Waals surface area contributed by atoms with Crippen LogP contribution in [0.15, 0.2) is 30.5 Å². The van der Waals surface area contributed by atoms with Gasteiger partial charge in [-0.2, -0.15) is 0 Å². The van der Waals surface area contributed by atoms with E-state index in [-0.39, 0.29) is 5.75 Å². The molecule has 5 heteroatoms. The molecule has 0 fully saturated rings. The minimum Gasteiger partial charge on any atom is -0.507 e. The maximum Gasteiger partial charge on any atom is 0.420 e. The van der Waals surface area contributed by atoms with E-state index in [2.05, 4.69) is 4.98 Å². The van der Waals surface area contributed by atoms with E-state index in [1.165, 1.54) is 4.57 Å². The number of ether oxygens (including phenoxy) is 1. The van der Waals surface area contributed by atoms with Crippen LogP contribution >= 0.6 is 0 Å². The number of rotatable bonds is 1. The Balaban J connectivity index is 2.36. The number of carbonyl (C=O) groups excluding carboxylic acids is 1. The van der Waals surface area contributed by atoms with E-state index >= 15 is 0 Å². The number of phenolic OH excluding ortho intramolecular Hbond substituents is 1. The first-order chi connectivity index (χ1) is 9.28. The van der Waals surface area contributed by atoms with Gasteiger partial charge in [0.15, 0.2) is 0 Å².